The van der Waals surface area contributed by atoms with Gasteiger partial charge in [-0.25, -0.2) is 0 Å². The van der Waals surface area contributed by atoms with Crippen LogP contribution in [-0.2, 0) is 7.05 Å². The van der Waals surface area contributed by atoms with Gasteiger partial charge < -0.3 is 19.6 Å². The molecule has 8 nitrogen and oxygen atoms in total. The normalized spacial score (nSPS) is 11.8. The summed E-state index contributed by atoms with van der Waals surface area (Å²) in [5.74, 6) is -0.443. The molecular formula is C11H7N3O5. The Morgan fingerprint density at radius 3 is 2.37 bits per heavy atom. The van der Waals surface area contributed by atoms with Gasteiger partial charge in [-0.05, 0) is 17.1 Å². The molecule has 1 aromatic heterocycles. The Kier molecular flexibility index (Phi) is 2.24. The first-order valence-corrected chi connectivity index (χ1v) is 5.28. The summed E-state index contributed by atoms with van der Waals surface area (Å²) in [6.07, 6.45) is 0. The summed E-state index contributed by atoms with van der Waals surface area (Å²) in [7, 11) is 1.31. The molecule has 0 bridgehead atoms. The highest BCUT2D eigenvalue weighted by Crippen LogP contribution is 2.46. The second-order valence-electron chi connectivity index (χ2n) is 3.82. The molecule has 0 fully saturated rings. The van der Waals surface area contributed by atoms with Crippen LogP contribution in [0.25, 0.3) is 0 Å². The van der Waals surface area contributed by atoms with Gasteiger partial charge in [0.25, 0.3) is 5.75 Å². The minimum atomic E-state index is -0.727. The third-order valence-electron chi connectivity index (χ3n) is 2.59. The molecule has 0 saturated heterocycles. The van der Waals surface area contributed by atoms with E-state index in [0.29, 0.717) is 11.5 Å². The van der Waals surface area contributed by atoms with Crippen molar-refractivity contribution in [1.29, 1.82) is 0 Å². The van der Waals surface area contributed by atoms with E-state index in [0.717, 1.165) is 4.68 Å². The summed E-state index contributed by atoms with van der Waals surface area (Å²) in [5, 5.41) is 14.5. The highest BCUT2D eigenvalue weighted by molar-refractivity contribution is 5.58. The first kappa shape index (κ1) is 11.2. The fraction of sp³-hybridized carbons (Fsp3) is 0.0909. The van der Waals surface area contributed by atoms with Crippen LogP contribution in [0.15, 0.2) is 29.1 Å². The standard InChI is InChI=1S/C11H7N3O5/c1-13-11(15)9-8(10(12-13)14(16)17)18-6-4-2-3-5-7(6)19-9/h2-5H,1H3. The molecule has 0 aliphatic carbocycles. The van der Waals surface area contributed by atoms with Gasteiger partial charge in [0, 0.05) is 0 Å². The molecule has 8 heteroatoms. The van der Waals surface area contributed by atoms with Gasteiger partial charge in [0.2, 0.25) is 5.75 Å². The third kappa shape index (κ3) is 1.61. The lowest BCUT2D eigenvalue weighted by Gasteiger charge is -2.18. The maximum absolute atomic E-state index is 11.9. The van der Waals surface area contributed by atoms with Gasteiger partial charge in [0.05, 0.1) is 12.1 Å². The lowest BCUT2D eigenvalue weighted by atomic mass is 10.3. The number of hydrogen-bond donors (Lipinski definition) is 0. The number of para-hydroxylation sites is 2. The number of hydrogen-bond acceptors (Lipinski definition) is 6. The Morgan fingerprint density at radius 2 is 1.79 bits per heavy atom. The third-order valence-corrected chi connectivity index (χ3v) is 2.59. The maximum atomic E-state index is 11.9. The molecule has 2 aromatic rings. The number of nitro groups is 1. The van der Waals surface area contributed by atoms with Crippen LogP contribution in [0.5, 0.6) is 23.0 Å². The van der Waals surface area contributed by atoms with Crippen molar-refractivity contribution in [1.82, 2.24) is 9.78 Å². The molecule has 1 aromatic carbocycles. The molecule has 0 amide bonds. The predicted octanol–water partition coefficient (Wildman–Crippen LogP) is 1.59. The average Bonchev–Trinajstić information content (AvgIpc) is 2.41. The smallest absolute Gasteiger partial charge is 0.435 e. The molecule has 0 saturated carbocycles. The van der Waals surface area contributed by atoms with E-state index >= 15 is 0 Å². The molecule has 1 aliphatic heterocycles. The zero-order chi connectivity index (χ0) is 13.6. The van der Waals surface area contributed by atoms with Crippen LogP contribution in [0.1, 0.15) is 0 Å². The molecular weight excluding hydrogens is 254 g/mol. The first-order valence-electron chi connectivity index (χ1n) is 5.28. The van der Waals surface area contributed by atoms with E-state index in [9.17, 15) is 14.9 Å². The predicted molar refractivity (Wildman–Crippen MR) is 62.7 cm³/mol. The van der Waals surface area contributed by atoms with Gasteiger partial charge in [-0.1, -0.05) is 12.1 Å². The summed E-state index contributed by atoms with van der Waals surface area (Å²) in [6, 6.07) is 6.57. The number of nitrogens with zero attached hydrogens (tertiary/aromatic N) is 3. The van der Waals surface area contributed by atoms with E-state index in [2.05, 4.69) is 5.10 Å². The molecule has 0 unspecified atom stereocenters. The van der Waals surface area contributed by atoms with Crippen LogP contribution in [0.4, 0.5) is 5.82 Å². The van der Waals surface area contributed by atoms with Crippen LogP contribution in [0, 0.1) is 10.1 Å². The summed E-state index contributed by atoms with van der Waals surface area (Å²) < 4.78 is 11.6. The Balaban J connectivity index is 2.27. The number of ether oxygens (including phenoxy) is 2. The van der Waals surface area contributed by atoms with E-state index in [1.807, 2.05) is 0 Å². The van der Waals surface area contributed by atoms with Gasteiger partial charge in [0.1, 0.15) is 0 Å². The van der Waals surface area contributed by atoms with Crippen molar-refractivity contribution in [2.24, 2.45) is 7.05 Å². The van der Waals surface area contributed by atoms with Crippen molar-refractivity contribution in [3.8, 4) is 23.0 Å². The molecule has 19 heavy (non-hydrogen) atoms. The van der Waals surface area contributed by atoms with Crippen LogP contribution in [-0.4, -0.2) is 14.7 Å². The number of fused-ring (bicyclic) bond motifs is 2. The van der Waals surface area contributed by atoms with E-state index < -0.39 is 16.3 Å². The Labute approximate surface area is 106 Å². The lowest BCUT2D eigenvalue weighted by molar-refractivity contribution is -0.391. The first-order chi connectivity index (χ1) is 9.08. The largest absolute Gasteiger partial charge is 0.443 e. The lowest BCUT2D eigenvalue weighted by Crippen LogP contribution is -2.24. The maximum Gasteiger partial charge on any atom is 0.435 e. The number of aryl methyl sites for hydroxylation is 1. The minimum absolute atomic E-state index is 0.233. The van der Waals surface area contributed by atoms with Crippen LogP contribution < -0.4 is 15.0 Å². The summed E-state index contributed by atoms with van der Waals surface area (Å²) in [5.41, 5.74) is -0.602. The van der Waals surface area contributed by atoms with Crippen LogP contribution >= 0.6 is 0 Å². The zero-order valence-electron chi connectivity index (χ0n) is 9.69. The topological polar surface area (TPSA) is 96.5 Å². The SMILES string of the molecule is Cn1nc([N+](=O)[O-])c2c(c1=O)Oc1ccccc1O2. The Morgan fingerprint density at radius 1 is 1.21 bits per heavy atom. The van der Waals surface area contributed by atoms with Crippen molar-refractivity contribution >= 4 is 5.82 Å². The van der Waals surface area contributed by atoms with Crippen molar-refractivity contribution in [3.05, 3.63) is 44.7 Å². The zero-order valence-corrected chi connectivity index (χ0v) is 9.69. The van der Waals surface area contributed by atoms with Crippen molar-refractivity contribution in [2.45, 2.75) is 0 Å². The van der Waals surface area contributed by atoms with Crippen molar-refractivity contribution < 1.29 is 14.4 Å². The summed E-state index contributed by atoms with van der Waals surface area (Å²) in [6.45, 7) is 0. The minimum Gasteiger partial charge on any atom is -0.443 e. The van der Waals surface area contributed by atoms with Crippen molar-refractivity contribution in [3.63, 3.8) is 0 Å². The van der Waals surface area contributed by atoms with E-state index in [1.165, 1.54) is 7.05 Å². The molecule has 0 N–H and O–H groups in total. The van der Waals surface area contributed by atoms with E-state index in [4.69, 9.17) is 9.47 Å². The van der Waals surface area contributed by atoms with Crippen LogP contribution in [0.2, 0.25) is 0 Å². The molecule has 2 heterocycles. The second-order valence-corrected chi connectivity index (χ2v) is 3.82. The Bertz CT molecular complexity index is 752. The van der Waals surface area contributed by atoms with Gasteiger partial charge >= 0.3 is 11.4 Å². The van der Waals surface area contributed by atoms with Gasteiger partial charge in [-0.15, -0.1) is 4.68 Å². The molecule has 96 valence electrons. The van der Waals surface area contributed by atoms with E-state index in [1.54, 1.807) is 24.3 Å². The highest BCUT2D eigenvalue weighted by atomic mass is 16.6. The summed E-state index contributed by atoms with van der Waals surface area (Å²) >= 11 is 0. The molecule has 0 spiro atoms. The Hall–Kier alpha value is -2.90. The monoisotopic (exact) mass is 261 g/mol. The fourth-order valence-electron chi connectivity index (χ4n) is 1.72. The average molecular weight is 261 g/mol. The second kappa shape index (κ2) is 3.80. The summed E-state index contributed by atoms with van der Waals surface area (Å²) in [4.78, 5) is 22.1. The van der Waals surface area contributed by atoms with Gasteiger partial charge in [-0.2, -0.15) is 0 Å². The van der Waals surface area contributed by atoms with Crippen LogP contribution in [0.3, 0.4) is 0 Å². The molecule has 1 aliphatic rings. The van der Waals surface area contributed by atoms with Gasteiger partial charge in [0.15, 0.2) is 11.5 Å². The molecule has 3 rings (SSSR count). The number of benzene rings is 1. The number of rotatable bonds is 1. The molecule has 0 atom stereocenters. The van der Waals surface area contributed by atoms with Crippen molar-refractivity contribution in [2.75, 3.05) is 0 Å². The van der Waals surface area contributed by atoms with E-state index in [-0.39, 0.29) is 11.5 Å². The number of aromatic nitrogens is 2. The fourth-order valence-corrected chi connectivity index (χ4v) is 1.72. The molecule has 0 radical (unpaired) electrons. The highest BCUT2D eigenvalue weighted by Gasteiger charge is 2.33. The van der Waals surface area contributed by atoms with Gasteiger partial charge in [-0.3, -0.25) is 4.79 Å². The quantitative estimate of drug-likeness (QED) is 0.487.